The van der Waals surface area contributed by atoms with Crippen molar-refractivity contribution in [2.45, 2.75) is 40.0 Å². The maximum Gasteiger partial charge on any atom is 0.000396 e. The second-order valence-electron chi connectivity index (χ2n) is 3.66. The molecule has 1 unspecified atom stereocenters. The molecule has 0 saturated carbocycles. The number of nitrogens with zero attached hydrogens (tertiary/aromatic N) is 1. The van der Waals surface area contributed by atoms with Crippen molar-refractivity contribution in [1.82, 2.24) is 4.90 Å². The molecule has 0 aliphatic rings. The summed E-state index contributed by atoms with van der Waals surface area (Å²) in [4.78, 5) is 2.43. The lowest BCUT2D eigenvalue weighted by Crippen LogP contribution is -2.24. The normalized spacial score (nSPS) is 13.9. The van der Waals surface area contributed by atoms with Gasteiger partial charge in [0.2, 0.25) is 0 Å². The molecule has 0 aromatic rings. The fraction of sp³-hybridized carbons (Fsp3) is 1.00. The van der Waals surface area contributed by atoms with Crippen LogP contribution in [0.1, 0.15) is 40.0 Å². The van der Waals surface area contributed by atoms with E-state index in [-0.39, 0.29) is 0 Å². The van der Waals surface area contributed by atoms with Gasteiger partial charge in [-0.2, -0.15) is 0 Å². The van der Waals surface area contributed by atoms with Crippen LogP contribution in [0, 0.1) is 5.92 Å². The maximum atomic E-state index is 2.43. The Morgan fingerprint density at radius 3 is 2.27 bits per heavy atom. The second-order valence-corrected chi connectivity index (χ2v) is 3.66. The largest absolute Gasteiger partial charge is 0.306 e. The summed E-state index contributed by atoms with van der Waals surface area (Å²) >= 11 is 0. The topological polar surface area (TPSA) is 3.24 Å². The molecule has 0 aromatic carbocycles. The van der Waals surface area contributed by atoms with E-state index < -0.39 is 0 Å². The van der Waals surface area contributed by atoms with Crippen LogP contribution in [0.15, 0.2) is 0 Å². The summed E-state index contributed by atoms with van der Waals surface area (Å²) in [5.41, 5.74) is 0. The highest BCUT2D eigenvalue weighted by molar-refractivity contribution is 4.57. The molecule has 0 radical (unpaired) electrons. The summed E-state index contributed by atoms with van der Waals surface area (Å²) in [6.07, 6.45) is 3.96. The molecule has 0 N–H and O–H groups in total. The molecule has 11 heavy (non-hydrogen) atoms. The summed E-state index contributed by atoms with van der Waals surface area (Å²) in [5, 5.41) is 0. The van der Waals surface area contributed by atoms with Crippen molar-refractivity contribution in [3.8, 4) is 0 Å². The van der Waals surface area contributed by atoms with E-state index in [0.29, 0.717) is 0 Å². The molecule has 0 amide bonds. The predicted molar refractivity (Wildman–Crippen MR) is 51.9 cm³/mol. The van der Waals surface area contributed by atoms with Crippen molar-refractivity contribution < 1.29 is 0 Å². The molecule has 0 aromatic heterocycles. The molecule has 0 aliphatic heterocycles. The Labute approximate surface area is 71.8 Å². The molecule has 1 heteroatoms. The molecule has 0 bridgehead atoms. The third-order valence-corrected chi connectivity index (χ3v) is 2.01. The van der Waals surface area contributed by atoms with Gasteiger partial charge in [-0.15, -0.1) is 0 Å². The van der Waals surface area contributed by atoms with E-state index in [2.05, 4.69) is 32.7 Å². The highest BCUT2D eigenvalue weighted by Crippen LogP contribution is 2.06. The molecular formula is C10H23N. The quantitative estimate of drug-likeness (QED) is 0.573. The first-order chi connectivity index (χ1) is 5.20. The Hall–Kier alpha value is -0.0400. The zero-order valence-electron chi connectivity index (χ0n) is 8.56. The van der Waals surface area contributed by atoms with Gasteiger partial charge in [0.05, 0.1) is 0 Å². The van der Waals surface area contributed by atoms with Crippen molar-refractivity contribution in [2.75, 3.05) is 20.1 Å². The highest BCUT2D eigenvalue weighted by atomic mass is 15.1. The third kappa shape index (κ3) is 6.36. The van der Waals surface area contributed by atoms with E-state index in [1.54, 1.807) is 0 Å². The van der Waals surface area contributed by atoms with Gasteiger partial charge in [0.25, 0.3) is 0 Å². The Morgan fingerprint density at radius 1 is 1.18 bits per heavy atom. The smallest absolute Gasteiger partial charge is 0.000396 e. The van der Waals surface area contributed by atoms with E-state index in [0.717, 1.165) is 5.92 Å². The zero-order chi connectivity index (χ0) is 8.69. The van der Waals surface area contributed by atoms with E-state index in [1.807, 2.05) is 0 Å². The minimum atomic E-state index is 0.872. The van der Waals surface area contributed by atoms with Gasteiger partial charge < -0.3 is 4.90 Å². The molecule has 68 valence electrons. The summed E-state index contributed by atoms with van der Waals surface area (Å²) in [7, 11) is 2.22. The molecule has 0 saturated heterocycles. The average Bonchev–Trinajstić information content (AvgIpc) is 1.87. The van der Waals surface area contributed by atoms with Crippen molar-refractivity contribution in [2.24, 2.45) is 5.92 Å². The first-order valence-corrected chi connectivity index (χ1v) is 4.89. The van der Waals surface area contributed by atoms with E-state index in [4.69, 9.17) is 0 Å². The van der Waals surface area contributed by atoms with Crippen molar-refractivity contribution in [3.05, 3.63) is 0 Å². The number of rotatable bonds is 6. The zero-order valence-corrected chi connectivity index (χ0v) is 8.56. The van der Waals surface area contributed by atoms with Crippen LogP contribution in [0.5, 0.6) is 0 Å². The van der Waals surface area contributed by atoms with Crippen LogP contribution in [-0.4, -0.2) is 25.0 Å². The average molecular weight is 157 g/mol. The van der Waals surface area contributed by atoms with E-state index in [1.165, 1.54) is 32.4 Å². The van der Waals surface area contributed by atoms with Crippen molar-refractivity contribution in [1.29, 1.82) is 0 Å². The first kappa shape index (κ1) is 11.0. The maximum absolute atomic E-state index is 2.43. The van der Waals surface area contributed by atoms with Crippen LogP contribution in [-0.2, 0) is 0 Å². The number of hydrogen-bond donors (Lipinski definition) is 0. The molecule has 0 spiro atoms. The number of hydrogen-bond acceptors (Lipinski definition) is 1. The molecule has 1 atom stereocenters. The lowest BCUT2D eigenvalue weighted by atomic mass is 10.1. The van der Waals surface area contributed by atoms with Crippen LogP contribution in [0.3, 0.4) is 0 Å². The van der Waals surface area contributed by atoms with Crippen LogP contribution in [0.4, 0.5) is 0 Å². The van der Waals surface area contributed by atoms with Gasteiger partial charge >= 0.3 is 0 Å². The van der Waals surface area contributed by atoms with Gasteiger partial charge in [0.15, 0.2) is 0 Å². The van der Waals surface area contributed by atoms with Crippen LogP contribution < -0.4 is 0 Å². The van der Waals surface area contributed by atoms with Crippen LogP contribution in [0.2, 0.25) is 0 Å². The summed E-state index contributed by atoms with van der Waals surface area (Å²) in [6, 6.07) is 0. The Morgan fingerprint density at radius 2 is 1.82 bits per heavy atom. The second kappa shape index (κ2) is 6.66. The van der Waals surface area contributed by atoms with Gasteiger partial charge in [0, 0.05) is 6.54 Å². The van der Waals surface area contributed by atoms with Gasteiger partial charge in [-0.3, -0.25) is 0 Å². The molecule has 0 rings (SSSR count). The molecular weight excluding hydrogens is 134 g/mol. The molecule has 0 fully saturated rings. The Kier molecular flexibility index (Phi) is 6.63. The van der Waals surface area contributed by atoms with Crippen LogP contribution in [0.25, 0.3) is 0 Å². The van der Waals surface area contributed by atoms with Crippen molar-refractivity contribution >= 4 is 0 Å². The SMILES string of the molecule is CCCC(C)CN(C)CCC. The first-order valence-electron chi connectivity index (χ1n) is 4.89. The van der Waals surface area contributed by atoms with Gasteiger partial charge in [-0.05, 0) is 32.4 Å². The summed E-state index contributed by atoms with van der Waals surface area (Å²) in [5.74, 6) is 0.872. The third-order valence-electron chi connectivity index (χ3n) is 2.01. The van der Waals surface area contributed by atoms with E-state index >= 15 is 0 Å². The minimum Gasteiger partial charge on any atom is -0.306 e. The standard InChI is InChI=1S/C10H23N/c1-5-7-10(3)9-11(4)8-6-2/h10H,5-9H2,1-4H3. The molecule has 1 nitrogen and oxygen atoms in total. The van der Waals surface area contributed by atoms with Gasteiger partial charge in [0.1, 0.15) is 0 Å². The Balaban J connectivity index is 3.32. The van der Waals surface area contributed by atoms with Gasteiger partial charge in [-0.25, -0.2) is 0 Å². The highest BCUT2D eigenvalue weighted by Gasteiger charge is 2.03. The fourth-order valence-corrected chi connectivity index (χ4v) is 1.59. The monoisotopic (exact) mass is 157 g/mol. The van der Waals surface area contributed by atoms with Crippen molar-refractivity contribution in [3.63, 3.8) is 0 Å². The summed E-state index contributed by atoms with van der Waals surface area (Å²) < 4.78 is 0. The Bertz CT molecular complexity index is 70.9. The van der Waals surface area contributed by atoms with Gasteiger partial charge in [-0.1, -0.05) is 27.2 Å². The minimum absolute atomic E-state index is 0.872. The molecule has 0 heterocycles. The summed E-state index contributed by atoms with van der Waals surface area (Å²) in [6.45, 7) is 9.35. The van der Waals surface area contributed by atoms with E-state index in [9.17, 15) is 0 Å². The fourth-order valence-electron chi connectivity index (χ4n) is 1.59. The molecule has 0 aliphatic carbocycles. The lowest BCUT2D eigenvalue weighted by molar-refractivity contribution is 0.278. The predicted octanol–water partition coefficient (Wildman–Crippen LogP) is 2.76. The van der Waals surface area contributed by atoms with Crippen LogP contribution >= 0.6 is 0 Å². The lowest BCUT2D eigenvalue weighted by Gasteiger charge is -2.19.